The van der Waals surface area contributed by atoms with Crippen molar-refractivity contribution in [1.82, 2.24) is 0 Å². The van der Waals surface area contributed by atoms with Gasteiger partial charge in [0.15, 0.2) is 0 Å². The number of methoxy groups -OCH3 is 1. The molecular weight excluding hydrogens is 147 g/mol. The number of carbonyl (C=O) groups excluding carboxylic acids is 1. The highest BCUT2D eigenvalue weighted by atomic mass is 19.1. The molecule has 0 spiro atoms. The summed E-state index contributed by atoms with van der Waals surface area (Å²) in [6.07, 6.45) is 0.855. The van der Waals surface area contributed by atoms with E-state index in [1.807, 2.05) is 0 Å². The monoisotopic (exact) mass is 158 g/mol. The van der Waals surface area contributed by atoms with E-state index in [1.165, 1.54) is 13.2 Å². The molecule has 3 heteroatoms. The number of hydrogen-bond acceptors (Lipinski definition) is 2. The fourth-order valence-electron chi connectivity index (χ4n) is 1.17. The van der Waals surface area contributed by atoms with Crippen molar-refractivity contribution in [2.75, 3.05) is 7.11 Å². The SMILES string of the molecule is COC(=O)C1=C[C@H](F)[C@@H](C)C1. The summed E-state index contributed by atoms with van der Waals surface area (Å²) in [4.78, 5) is 10.8. The maximum atomic E-state index is 12.8. The third-order valence-electron chi connectivity index (χ3n) is 1.89. The minimum Gasteiger partial charge on any atom is -0.466 e. The molecule has 1 rings (SSSR count). The summed E-state index contributed by atoms with van der Waals surface area (Å²) in [5, 5.41) is 0. The molecule has 0 aromatic carbocycles. The van der Waals surface area contributed by atoms with Gasteiger partial charge in [-0.15, -0.1) is 0 Å². The second kappa shape index (κ2) is 3.03. The number of halogens is 1. The van der Waals surface area contributed by atoms with E-state index < -0.39 is 12.1 Å². The molecule has 0 fully saturated rings. The zero-order valence-electron chi connectivity index (χ0n) is 6.63. The Kier molecular flexibility index (Phi) is 2.27. The summed E-state index contributed by atoms with van der Waals surface area (Å²) in [7, 11) is 1.30. The van der Waals surface area contributed by atoms with Gasteiger partial charge in [-0.05, 0) is 18.4 Å². The van der Waals surface area contributed by atoms with Gasteiger partial charge < -0.3 is 4.74 Å². The first-order valence-corrected chi connectivity index (χ1v) is 3.58. The van der Waals surface area contributed by atoms with Crippen LogP contribution in [0.15, 0.2) is 11.6 Å². The number of hydrogen-bond donors (Lipinski definition) is 0. The van der Waals surface area contributed by atoms with Crippen LogP contribution in [0.3, 0.4) is 0 Å². The topological polar surface area (TPSA) is 26.3 Å². The highest BCUT2D eigenvalue weighted by molar-refractivity contribution is 5.89. The van der Waals surface area contributed by atoms with E-state index in [1.54, 1.807) is 6.92 Å². The van der Waals surface area contributed by atoms with Crippen LogP contribution in [0.4, 0.5) is 4.39 Å². The molecule has 11 heavy (non-hydrogen) atoms. The first-order valence-electron chi connectivity index (χ1n) is 3.58. The lowest BCUT2D eigenvalue weighted by Gasteiger charge is -2.02. The largest absolute Gasteiger partial charge is 0.466 e. The fourth-order valence-corrected chi connectivity index (χ4v) is 1.17. The highest BCUT2D eigenvalue weighted by Crippen LogP contribution is 2.27. The molecule has 1 aliphatic rings. The molecule has 0 amide bonds. The van der Waals surface area contributed by atoms with Gasteiger partial charge in [-0.25, -0.2) is 9.18 Å². The van der Waals surface area contributed by atoms with E-state index in [0.717, 1.165) is 0 Å². The Morgan fingerprint density at radius 2 is 2.45 bits per heavy atom. The van der Waals surface area contributed by atoms with Gasteiger partial charge in [0.25, 0.3) is 0 Å². The number of alkyl halides is 1. The molecule has 0 aromatic rings. The summed E-state index contributed by atoms with van der Waals surface area (Å²) in [5.41, 5.74) is 0.465. The lowest BCUT2D eigenvalue weighted by atomic mass is 10.1. The van der Waals surface area contributed by atoms with Crippen molar-refractivity contribution in [3.05, 3.63) is 11.6 Å². The van der Waals surface area contributed by atoms with Crippen LogP contribution < -0.4 is 0 Å². The predicted octanol–water partition coefficient (Wildman–Crippen LogP) is 1.46. The van der Waals surface area contributed by atoms with E-state index in [9.17, 15) is 9.18 Å². The molecule has 0 aliphatic heterocycles. The third kappa shape index (κ3) is 1.59. The molecule has 0 bridgehead atoms. The van der Waals surface area contributed by atoms with Crippen LogP contribution in [0.5, 0.6) is 0 Å². The first-order chi connectivity index (χ1) is 5.15. The van der Waals surface area contributed by atoms with Crippen molar-refractivity contribution in [2.24, 2.45) is 5.92 Å². The van der Waals surface area contributed by atoms with Crippen LogP contribution in [0.1, 0.15) is 13.3 Å². The second-order valence-corrected chi connectivity index (χ2v) is 2.81. The van der Waals surface area contributed by atoms with Crippen LogP contribution >= 0.6 is 0 Å². The number of esters is 1. The molecule has 0 aromatic heterocycles. The Morgan fingerprint density at radius 1 is 1.82 bits per heavy atom. The standard InChI is InChI=1S/C8H11FO2/c1-5-3-6(4-7(5)9)8(10)11-2/h4-5,7H,3H2,1-2H3/t5-,7-/m0/s1. The van der Waals surface area contributed by atoms with Crippen LogP contribution in [0.2, 0.25) is 0 Å². The van der Waals surface area contributed by atoms with Gasteiger partial charge in [0.05, 0.1) is 7.11 Å². The molecule has 2 atom stereocenters. The highest BCUT2D eigenvalue weighted by Gasteiger charge is 2.27. The lowest BCUT2D eigenvalue weighted by Crippen LogP contribution is -2.04. The third-order valence-corrected chi connectivity index (χ3v) is 1.89. The molecule has 1 aliphatic carbocycles. The Labute approximate surface area is 65.0 Å². The minimum atomic E-state index is -0.982. The van der Waals surface area contributed by atoms with Crippen molar-refractivity contribution in [3.63, 3.8) is 0 Å². The Hall–Kier alpha value is -0.860. The average Bonchev–Trinajstić information content (AvgIpc) is 2.31. The average molecular weight is 158 g/mol. The zero-order chi connectivity index (χ0) is 8.43. The van der Waals surface area contributed by atoms with Gasteiger partial charge in [-0.1, -0.05) is 6.92 Å². The Balaban J connectivity index is 2.63. The van der Waals surface area contributed by atoms with Crippen molar-refractivity contribution in [1.29, 1.82) is 0 Å². The maximum absolute atomic E-state index is 12.8. The molecule has 0 saturated carbocycles. The predicted molar refractivity (Wildman–Crippen MR) is 38.8 cm³/mol. The van der Waals surface area contributed by atoms with Gasteiger partial charge in [0.1, 0.15) is 6.17 Å². The van der Waals surface area contributed by atoms with E-state index >= 15 is 0 Å². The van der Waals surface area contributed by atoms with Gasteiger partial charge in [-0.2, -0.15) is 0 Å². The van der Waals surface area contributed by atoms with Gasteiger partial charge in [0.2, 0.25) is 0 Å². The summed E-state index contributed by atoms with van der Waals surface area (Å²) in [5.74, 6) is -0.485. The summed E-state index contributed by atoms with van der Waals surface area (Å²) in [6.45, 7) is 1.77. The molecule has 0 unspecified atom stereocenters. The van der Waals surface area contributed by atoms with Gasteiger partial charge >= 0.3 is 5.97 Å². The summed E-state index contributed by atoms with van der Waals surface area (Å²) >= 11 is 0. The first kappa shape index (κ1) is 8.24. The van der Waals surface area contributed by atoms with Crippen molar-refractivity contribution in [3.8, 4) is 0 Å². The van der Waals surface area contributed by atoms with E-state index in [-0.39, 0.29) is 5.92 Å². The molecule has 2 nitrogen and oxygen atoms in total. The quantitative estimate of drug-likeness (QED) is 0.540. The van der Waals surface area contributed by atoms with E-state index in [4.69, 9.17) is 0 Å². The van der Waals surface area contributed by atoms with Crippen molar-refractivity contribution < 1.29 is 13.9 Å². The zero-order valence-corrected chi connectivity index (χ0v) is 6.63. The van der Waals surface area contributed by atoms with E-state index in [2.05, 4.69) is 4.74 Å². The summed E-state index contributed by atoms with van der Waals surface area (Å²) < 4.78 is 17.2. The van der Waals surface area contributed by atoms with Crippen molar-refractivity contribution >= 4 is 5.97 Å². The normalized spacial score (nSPS) is 29.9. The maximum Gasteiger partial charge on any atom is 0.333 e. The van der Waals surface area contributed by atoms with E-state index in [0.29, 0.717) is 12.0 Å². The molecular formula is C8H11FO2. The number of carbonyl (C=O) groups is 1. The summed E-state index contributed by atoms with van der Waals surface area (Å²) in [6, 6.07) is 0. The number of allylic oxidation sites excluding steroid dienone is 1. The molecule has 0 radical (unpaired) electrons. The number of rotatable bonds is 1. The minimum absolute atomic E-state index is 0.0795. The second-order valence-electron chi connectivity index (χ2n) is 2.81. The van der Waals surface area contributed by atoms with Crippen LogP contribution in [0, 0.1) is 5.92 Å². The molecule has 62 valence electrons. The molecule has 0 N–H and O–H groups in total. The lowest BCUT2D eigenvalue weighted by molar-refractivity contribution is -0.136. The molecule has 0 saturated heterocycles. The van der Waals surface area contributed by atoms with Crippen LogP contribution in [0.25, 0.3) is 0 Å². The van der Waals surface area contributed by atoms with Gasteiger partial charge in [-0.3, -0.25) is 0 Å². The Morgan fingerprint density at radius 3 is 2.82 bits per heavy atom. The smallest absolute Gasteiger partial charge is 0.333 e. The molecule has 0 heterocycles. The van der Waals surface area contributed by atoms with Crippen LogP contribution in [-0.2, 0) is 9.53 Å². The fraction of sp³-hybridized carbons (Fsp3) is 0.625. The van der Waals surface area contributed by atoms with Crippen molar-refractivity contribution in [2.45, 2.75) is 19.5 Å². The Bertz CT molecular complexity index is 198. The van der Waals surface area contributed by atoms with Crippen LogP contribution in [-0.4, -0.2) is 19.3 Å². The van der Waals surface area contributed by atoms with Gasteiger partial charge in [0, 0.05) is 5.57 Å². The number of ether oxygens (including phenoxy) is 1.